The van der Waals surface area contributed by atoms with Crippen LogP contribution >= 0.6 is 0 Å². The highest BCUT2D eigenvalue weighted by Gasteiger charge is 2.40. The van der Waals surface area contributed by atoms with Gasteiger partial charge in [0.1, 0.15) is 12.1 Å². The summed E-state index contributed by atoms with van der Waals surface area (Å²) in [6.45, 7) is 7.15. The zero-order chi connectivity index (χ0) is 31.1. The van der Waals surface area contributed by atoms with Crippen molar-refractivity contribution in [3.63, 3.8) is 0 Å². The SMILES string of the molecule is CN[C@@H](C)C(=O)N[C@H](C(=O)NCC(=O)N1C=CN(C2CCc3ccccc32)C(=O)[C@@H]1COCc1ccccc1)C(C)(C)C. The van der Waals surface area contributed by atoms with E-state index in [-0.39, 0.29) is 37.6 Å². The molecular formula is C33H43N5O5. The fourth-order valence-corrected chi connectivity index (χ4v) is 5.39. The summed E-state index contributed by atoms with van der Waals surface area (Å²) in [6.07, 6.45) is 4.93. The molecule has 3 N–H and O–H groups in total. The van der Waals surface area contributed by atoms with Gasteiger partial charge >= 0.3 is 0 Å². The molecule has 0 fully saturated rings. The third-order valence-electron chi connectivity index (χ3n) is 8.03. The van der Waals surface area contributed by atoms with Gasteiger partial charge in [0, 0.05) is 12.4 Å². The third kappa shape index (κ3) is 7.69. The van der Waals surface area contributed by atoms with E-state index in [2.05, 4.69) is 22.0 Å². The molecule has 1 unspecified atom stereocenters. The van der Waals surface area contributed by atoms with Crippen molar-refractivity contribution in [1.29, 1.82) is 0 Å². The molecule has 1 aliphatic carbocycles. The zero-order valence-electron chi connectivity index (χ0n) is 25.6. The number of amides is 4. The molecule has 10 nitrogen and oxygen atoms in total. The lowest BCUT2D eigenvalue weighted by molar-refractivity contribution is -0.147. The zero-order valence-corrected chi connectivity index (χ0v) is 25.6. The second-order valence-corrected chi connectivity index (χ2v) is 12.2. The summed E-state index contributed by atoms with van der Waals surface area (Å²) in [4.78, 5) is 56.2. The maximum absolute atomic E-state index is 13.9. The van der Waals surface area contributed by atoms with Crippen molar-refractivity contribution in [2.75, 3.05) is 20.2 Å². The number of hydrogen-bond donors (Lipinski definition) is 3. The molecule has 4 rings (SSSR count). The van der Waals surface area contributed by atoms with Gasteiger partial charge in [0.15, 0.2) is 0 Å². The van der Waals surface area contributed by atoms with Gasteiger partial charge in [-0.1, -0.05) is 75.4 Å². The van der Waals surface area contributed by atoms with E-state index in [0.29, 0.717) is 0 Å². The molecule has 0 spiro atoms. The van der Waals surface area contributed by atoms with E-state index in [0.717, 1.165) is 24.0 Å². The normalized spacial score (nSPS) is 19.5. The van der Waals surface area contributed by atoms with Crippen LogP contribution in [-0.2, 0) is 36.9 Å². The summed E-state index contributed by atoms with van der Waals surface area (Å²) in [5.74, 6) is -1.50. The lowest BCUT2D eigenvalue weighted by atomic mass is 9.86. The Balaban J connectivity index is 1.49. The van der Waals surface area contributed by atoms with E-state index in [1.807, 2.05) is 69.3 Å². The Bertz CT molecular complexity index is 1340. The number of nitrogens with zero attached hydrogens (tertiary/aromatic N) is 2. The number of fused-ring (bicyclic) bond motifs is 1. The first-order valence-corrected chi connectivity index (χ1v) is 14.8. The van der Waals surface area contributed by atoms with Crippen LogP contribution in [0.1, 0.15) is 56.8 Å². The van der Waals surface area contributed by atoms with E-state index >= 15 is 0 Å². The largest absolute Gasteiger partial charge is 0.374 e. The standard InChI is InChI=1S/C33H43N5O5/c1-22(34-5)30(40)36-29(33(2,3)4)31(41)35-19-28(39)37-17-18-38(26-16-15-24-13-9-10-14-25(24)26)32(42)27(37)21-43-20-23-11-7-6-8-12-23/h6-14,17-18,22,26-27,29,34H,15-16,19-21H2,1-5H3,(H,35,41)(H,36,40)/t22-,26?,27-,29+/m0/s1. The van der Waals surface area contributed by atoms with Gasteiger partial charge in [0.05, 0.1) is 31.8 Å². The van der Waals surface area contributed by atoms with Gasteiger partial charge in [-0.15, -0.1) is 0 Å². The number of nitrogens with one attached hydrogen (secondary N) is 3. The molecule has 230 valence electrons. The Hall–Kier alpha value is -4.02. The molecule has 2 aromatic carbocycles. The summed E-state index contributed by atoms with van der Waals surface area (Å²) in [5.41, 5.74) is 2.68. The number of likely N-dealkylation sites (N-methyl/N-ethyl adjacent to an activating group) is 1. The average Bonchev–Trinajstić information content (AvgIpc) is 3.42. The van der Waals surface area contributed by atoms with Crippen molar-refractivity contribution < 1.29 is 23.9 Å². The molecule has 2 aromatic rings. The van der Waals surface area contributed by atoms with Crippen molar-refractivity contribution in [3.05, 3.63) is 83.7 Å². The minimum Gasteiger partial charge on any atom is -0.374 e. The second-order valence-electron chi connectivity index (χ2n) is 12.2. The fourth-order valence-electron chi connectivity index (χ4n) is 5.39. The van der Waals surface area contributed by atoms with Gasteiger partial charge in [0.25, 0.3) is 5.91 Å². The van der Waals surface area contributed by atoms with E-state index in [4.69, 9.17) is 4.74 Å². The molecule has 1 aliphatic heterocycles. The maximum Gasteiger partial charge on any atom is 0.252 e. The van der Waals surface area contributed by atoms with Gasteiger partial charge in [-0.05, 0) is 48.9 Å². The number of carbonyl (C=O) groups is 4. The van der Waals surface area contributed by atoms with E-state index in [1.165, 1.54) is 10.5 Å². The molecule has 1 heterocycles. The Morgan fingerprint density at radius 1 is 1.00 bits per heavy atom. The first kappa shape index (κ1) is 31.9. The monoisotopic (exact) mass is 589 g/mol. The van der Waals surface area contributed by atoms with Crippen molar-refractivity contribution in [1.82, 2.24) is 25.8 Å². The van der Waals surface area contributed by atoms with Crippen molar-refractivity contribution in [2.45, 2.75) is 71.3 Å². The number of aryl methyl sites for hydroxylation is 1. The van der Waals surface area contributed by atoms with E-state index in [1.54, 1.807) is 31.3 Å². The molecule has 0 saturated heterocycles. The number of carbonyl (C=O) groups excluding carboxylic acids is 4. The average molecular weight is 590 g/mol. The van der Waals surface area contributed by atoms with Gasteiger partial charge in [-0.25, -0.2) is 0 Å². The third-order valence-corrected chi connectivity index (χ3v) is 8.03. The topological polar surface area (TPSA) is 120 Å². The molecule has 0 radical (unpaired) electrons. The van der Waals surface area contributed by atoms with Crippen LogP contribution < -0.4 is 16.0 Å². The Morgan fingerprint density at radius 2 is 1.70 bits per heavy atom. The minimum absolute atomic E-state index is 0.00873. The quantitative estimate of drug-likeness (QED) is 0.371. The van der Waals surface area contributed by atoms with Crippen LogP contribution in [0.5, 0.6) is 0 Å². The smallest absolute Gasteiger partial charge is 0.252 e. The first-order chi connectivity index (χ1) is 20.5. The first-order valence-electron chi connectivity index (χ1n) is 14.8. The molecule has 2 aliphatic rings. The second kappa shape index (κ2) is 14.0. The summed E-state index contributed by atoms with van der Waals surface area (Å²) in [6, 6.07) is 15.3. The van der Waals surface area contributed by atoms with Gasteiger partial charge in [0.2, 0.25) is 17.7 Å². The predicted octanol–water partition coefficient (Wildman–Crippen LogP) is 2.66. The highest BCUT2D eigenvalue weighted by molar-refractivity contribution is 5.95. The van der Waals surface area contributed by atoms with Crippen LogP contribution in [0, 0.1) is 5.41 Å². The molecule has 4 amide bonds. The summed E-state index contributed by atoms with van der Waals surface area (Å²) >= 11 is 0. The van der Waals surface area contributed by atoms with Gasteiger partial charge < -0.3 is 30.5 Å². The number of benzene rings is 2. The van der Waals surface area contributed by atoms with Crippen LogP contribution in [-0.4, -0.2) is 71.8 Å². The van der Waals surface area contributed by atoms with E-state index < -0.39 is 35.4 Å². The summed E-state index contributed by atoms with van der Waals surface area (Å²) < 4.78 is 5.96. The van der Waals surface area contributed by atoms with Crippen molar-refractivity contribution in [2.24, 2.45) is 5.41 Å². The molecule has 0 saturated carbocycles. The highest BCUT2D eigenvalue weighted by atomic mass is 16.5. The predicted molar refractivity (Wildman–Crippen MR) is 163 cm³/mol. The molecule has 10 heteroatoms. The lowest BCUT2D eigenvalue weighted by Crippen LogP contribution is -2.58. The van der Waals surface area contributed by atoms with Crippen LogP contribution in [0.15, 0.2) is 67.0 Å². The van der Waals surface area contributed by atoms with Crippen LogP contribution in [0.3, 0.4) is 0 Å². The molecule has 0 bridgehead atoms. The van der Waals surface area contributed by atoms with Crippen LogP contribution in [0.25, 0.3) is 0 Å². The van der Waals surface area contributed by atoms with Crippen molar-refractivity contribution >= 4 is 23.6 Å². The maximum atomic E-state index is 13.9. The van der Waals surface area contributed by atoms with Crippen molar-refractivity contribution in [3.8, 4) is 0 Å². The highest BCUT2D eigenvalue weighted by Crippen LogP contribution is 2.37. The number of ether oxygens (including phenoxy) is 1. The molecular weight excluding hydrogens is 546 g/mol. The van der Waals surface area contributed by atoms with Gasteiger partial charge in [-0.2, -0.15) is 0 Å². The van der Waals surface area contributed by atoms with Crippen LogP contribution in [0.2, 0.25) is 0 Å². The Morgan fingerprint density at radius 3 is 2.40 bits per heavy atom. The van der Waals surface area contributed by atoms with Gasteiger partial charge in [-0.3, -0.25) is 19.2 Å². The summed E-state index contributed by atoms with van der Waals surface area (Å²) in [5, 5.41) is 8.32. The molecule has 4 atom stereocenters. The Kier molecular flexibility index (Phi) is 10.4. The lowest BCUT2D eigenvalue weighted by Gasteiger charge is -2.38. The molecule has 43 heavy (non-hydrogen) atoms. The minimum atomic E-state index is -0.902. The molecule has 0 aromatic heterocycles. The Labute approximate surface area is 253 Å². The number of hydrogen-bond acceptors (Lipinski definition) is 6. The van der Waals surface area contributed by atoms with E-state index in [9.17, 15) is 19.2 Å². The summed E-state index contributed by atoms with van der Waals surface area (Å²) in [7, 11) is 1.66. The van der Waals surface area contributed by atoms with Crippen LogP contribution in [0.4, 0.5) is 0 Å². The number of rotatable bonds is 11. The fraction of sp³-hybridized carbons (Fsp3) is 0.455.